The van der Waals surface area contributed by atoms with Gasteiger partial charge in [-0.15, -0.1) is 0 Å². The molecule has 0 amide bonds. The summed E-state index contributed by atoms with van der Waals surface area (Å²) in [6.07, 6.45) is 3.96. The maximum Gasteiger partial charge on any atom is 0.137 e. The number of fused-ring (bicyclic) bond motifs is 6. The molecule has 1 fully saturated rings. The van der Waals surface area contributed by atoms with Gasteiger partial charge in [-0.3, -0.25) is 0 Å². The lowest BCUT2D eigenvalue weighted by Gasteiger charge is -2.25. The second kappa shape index (κ2) is 17.1. The Morgan fingerprint density at radius 3 is 1.81 bits per heavy atom. The van der Waals surface area contributed by atoms with Gasteiger partial charge in [-0.05, 0) is 58.7 Å². The van der Waals surface area contributed by atoms with Crippen LogP contribution in [0.25, 0.3) is 21.8 Å². The van der Waals surface area contributed by atoms with Gasteiger partial charge in [0.1, 0.15) is 29.9 Å². The predicted molar refractivity (Wildman–Crippen MR) is 240 cm³/mol. The van der Waals surface area contributed by atoms with Crippen molar-refractivity contribution in [1.82, 2.24) is 19.5 Å². The van der Waals surface area contributed by atoms with Crippen molar-refractivity contribution >= 4 is 88.5 Å². The van der Waals surface area contributed by atoms with Gasteiger partial charge in [-0.1, -0.05) is 104 Å². The molecule has 14 heteroatoms. The van der Waals surface area contributed by atoms with Crippen LogP contribution in [0.3, 0.4) is 0 Å². The van der Waals surface area contributed by atoms with Gasteiger partial charge >= 0.3 is 0 Å². The Hall–Kier alpha value is -4.11. The molecule has 4 atom stereocenters. The van der Waals surface area contributed by atoms with Crippen molar-refractivity contribution in [3.8, 4) is 0 Å². The molecule has 10 nitrogen and oxygen atoms in total. The molecule has 10 rings (SSSR count). The van der Waals surface area contributed by atoms with E-state index in [1.54, 1.807) is 12.5 Å². The number of aliphatic hydroxyl groups is 1. The molecule has 0 spiro atoms. The summed E-state index contributed by atoms with van der Waals surface area (Å²) in [6.45, 7) is 3.30. The normalized spacial score (nSPS) is 18.5. The number of pyridine rings is 2. The molecule has 1 N–H and O–H groups in total. The van der Waals surface area contributed by atoms with Gasteiger partial charge in [0.25, 0.3) is 0 Å². The smallest absolute Gasteiger partial charge is 0.137 e. The first-order valence-electron chi connectivity index (χ1n) is 19.3. The van der Waals surface area contributed by atoms with Gasteiger partial charge < -0.3 is 33.7 Å². The lowest BCUT2D eigenvalue weighted by molar-refractivity contribution is -0.000410. The highest BCUT2D eigenvalue weighted by atomic mass is 79.9. The van der Waals surface area contributed by atoms with Crippen LogP contribution in [0.1, 0.15) is 45.6 Å². The molecule has 4 unspecified atom stereocenters. The second-order valence-corrected chi connectivity index (χ2v) is 17.6. The molecular formula is C45H40Br2Cl2N6O4. The number of aliphatic hydroxyl groups excluding tert-OH is 1. The lowest BCUT2D eigenvalue weighted by atomic mass is 9.97. The molecule has 0 radical (unpaired) electrons. The zero-order chi connectivity index (χ0) is 40.8. The average molecular weight is 960 g/mol. The first kappa shape index (κ1) is 40.3. The van der Waals surface area contributed by atoms with E-state index >= 15 is 0 Å². The van der Waals surface area contributed by atoms with Crippen molar-refractivity contribution in [2.24, 2.45) is 0 Å². The summed E-state index contributed by atoms with van der Waals surface area (Å²) in [5.41, 5.74) is 7.99. The minimum atomic E-state index is -0.692. The minimum absolute atomic E-state index is 0.146. The van der Waals surface area contributed by atoms with Crippen LogP contribution < -0.4 is 9.80 Å². The number of epoxide rings is 1. The van der Waals surface area contributed by atoms with E-state index in [1.165, 1.54) is 5.56 Å². The highest BCUT2D eigenvalue weighted by Gasteiger charge is 2.34. The fourth-order valence-corrected chi connectivity index (χ4v) is 9.29. The number of hydrogen-bond donors (Lipinski definition) is 1. The summed E-state index contributed by atoms with van der Waals surface area (Å²) in [4.78, 5) is 18.2. The summed E-state index contributed by atoms with van der Waals surface area (Å²) in [6, 6.07) is 28.5. The summed E-state index contributed by atoms with van der Waals surface area (Å²) in [5.74, 6) is 1.66. The first-order valence-corrected chi connectivity index (χ1v) is 21.6. The fraction of sp³-hybridized carbons (Fsp3) is 0.267. The lowest BCUT2D eigenvalue weighted by Crippen LogP contribution is -2.23. The molecule has 0 saturated carbocycles. The summed E-state index contributed by atoms with van der Waals surface area (Å²) >= 11 is 21.1. The quantitative estimate of drug-likeness (QED) is 0.149. The maximum absolute atomic E-state index is 10.6. The van der Waals surface area contributed by atoms with Crippen LogP contribution in [0.5, 0.6) is 0 Å². The maximum atomic E-state index is 10.6. The molecule has 6 heterocycles. The number of halogens is 4. The molecule has 302 valence electrons. The minimum Gasteiger partial charge on any atom is -0.389 e. The van der Waals surface area contributed by atoms with Crippen molar-refractivity contribution in [3.05, 3.63) is 156 Å². The number of ether oxygens (including phenoxy) is 3. The Labute approximate surface area is 368 Å². The van der Waals surface area contributed by atoms with Crippen LogP contribution in [0.15, 0.2) is 113 Å². The molecule has 0 bridgehead atoms. The monoisotopic (exact) mass is 956 g/mol. The second-order valence-electron chi connectivity index (χ2n) is 15.1. The van der Waals surface area contributed by atoms with Crippen molar-refractivity contribution < 1.29 is 19.3 Å². The molecule has 7 aromatic rings. The number of hydrogen-bond acceptors (Lipinski definition) is 9. The zero-order valence-electron chi connectivity index (χ0n) is 32.2. The van der Waals surface area contributed by atoms with E-state index in [-0.39, 0.29) is 18.8 Å². The van der Waals surface area contributed by atoms with Gasteiger partial charge in [-0.25, -0.2) is 15.0 Å². The third kappa shape index (κ3) is 8.34. The van der Waals surface area contributed by atoms with E-state index in [2.05, 4.69) is 84.0 Å². The van der Waals surface area contributed by atoms with E-state index in [0.29, 0.717) is 29.7 Å². The highest BCUT2D eigenvalue weighted by Crippen LogP contribution is 2.46. The average Bonchev–Trinajstić information content (AvgIpc) is 3.96. The largest absolute Gasteiger partial charge is 0.389 e. The number of aromatic nitrogens is 4. The number of anilines is 2. The Morgan fingerprint density at radius 2 is 1.31 bits per heavy atom. The first-order chi connectivity index (χ1) is 28.6. The third-order valence-electron chi connectivity index (χ3n) is 10.8. The molecule has 3 aliphatic heterocycles. The van der Waals surface area contributed by atoms with Gasteiger partial charge in [0.05, 0.1) is 59.9 Å². The number of imidazole rings is 1. The van der Waals surface area contributed by atoms with E-state index in [4.69, 9.17) is 47.4 Å². The number of rotatable bonds is 8. The van der Waals surface area contributed by atoms with Crippen molar-refractivity contribution in [1.29, 1.82) is 0 Å². The molecule has 3 aromatic heterocycles. The van der Waals surface area contributed by atoms with E-state index in [9.17, 15) is 5.11 Å². The van der Waals surface area contributed by atoms with Crippen LogP contribution in [0.2, 0.25) is 10.0 Å². The topological polar surface area (TPSA) is 101 Å². The van der Waals surface area contributed by atoms with Gasteiger partial charge in [0, 0.05) is 70.4 Å². The SMILES string of the molecule is CN1Cc2ccccc2C(OCC(O)Cn2ccnc2)c2c1nc1ccc(Br)cc1c2Cl.CN1Cc2ccccc2C(OCC2CO2)c2c1nc1ccc(Br)cc1c2Cl. The predicted octanol–water partition coefficient (Wildman–Crippen LogP) is 10.1. The fourth-order valence-electron chi connectivity index (χ4n) is 7.90. The molecule has 3 aliphatic rings. The van der Waals surface area contributed by atoms with Crippen molar-refractivity contribution in [2.75, 3.05) is 43.7 Å². The number of benzene rings is 4. The van der Waals surface area contributed by atoms with Crippen LogP contribution in [0.4, 0.5) is 11.6 Å². The Balaban J connectivity index is 0.000000154. The van der Waals surface area contributed by atoms with E-state index in [0.717, 1.165) is 83.4 Å². The Kier molecular flexibility index (Phi) is 11.7. The summed E-state index contributed by atoms with van der Waals surface area (Å²) in [7, 11) is 4.07. The van der Waals surface area contributed by atoms with Crippen LogP contribution >= 0.6 is 55.1 Å². The van der Waals surface area contributed by atoms with E-state index < -0.39 is 12.2 Å². The van der Waals surface area contributed by atoms with E-state index in [1.807, 2.05) is 72.4 Å². The third-order valence-corrected chi connectivity index (χ3v) is 12.6. The zero-order valence-corrected chi connectivity index (χ0v) is 36.9. The molecule has 1 saturated heterocycles. The van der Waals surface area contributed by atoms with Crippen molar-refractivity contribution in [2.45, 2.75) is 44.1 Å². The van der Waals surface area contributed by atoms with Crippen LogP contribution in [-0.4, -0.2) is 70.7 Å². The van der Waals surface area contributed by atoms with Gasteiger partial charge in [-0.2, -0.15) is 0 Å². The Morgan fingerprint density at radius 1 is 0.780 bits per heavy atom. The standard InChI is InChI=1S/C24H22BrClN4O2.C21H18BrClN2O2/c1-29-11-15-4-2-3-5-18(15)23(32-13-17(31)12-30-9-8-27-14-30)21-22(26)19-10-16(25)6-7-20(19)28-24(21)29;1-25-9-12-4-2-3-5-15(12)20(27-11-14-10-26-14)18-19(23)16-8-13(22)6-7-17(16)24-21(18)25/h2-10,14,17,23,31H,11-13H2,1H3;2-8,14,20H,9-11H2,1H3. The van der Waals surface area contributed by atoms with Crippen LogP contribution in [0, 0.1) is 0 Å². The summed E-state index contributed by atoms with van der Waals surface area (Å²) in [5, 5.41) is 13.7. The number of nitrogens with zero attached hydrogens (tertiary/aromatic N) is 6. The molecule has 0 aliphatic carbocycles. The molecular weight excluding hydrogens is 919 g/mol. The molecule has 4 aromatic carbocycles. The molecule has 59 heavy (non-hydrogen) atoms. The highest BCUT2D eigenvalue weighted by molar-refractivity contribution is 9.10. The van der Waals surface area contributed by atoms with Crippen LogP contribution in [-0.2, 0) is 33.8 Å². The van der Waals surface area contributed by atoms with Gasteiger partial charge in [0.2, 0.25) is 0 Å². The van der Waals surface area contributed by atoms with Crippen molar-refractivity contribution in [3.63, 3.8) is 0 Å². The van der Waals surface area contributed by atoms with Gasteiger partial charge in [0.15, 0.2) is 0 Å². The summed E-state index contributed by atoms with van der Waals surface area (Å²) < 4.78 is 21.8. The Bertz CT molecular complexity index is 2660.